The maximum Gasteiger partial charge on any atom is 0.257 e. The molecule has 0 aliphatic heterocycles. The molecule has 1 aromatic heterocycles. The van der Waals surface area contributed by atoms with Crippen molar-refractivity contribution in [3.05, 3.63) is 95.6 Å². The van der Waals surface area contributed by atoms with Crippen LogP contribution >= 0.6 is 0 Å². The highest BCUT2D eigenvalue weighted by atomic mass is 19.1. The van der Waals surface area contributed by atoms with Crippen molar-refractivity contribution in [2.75, 3.05) is 5.32 Å². The quantitative estimate of drug-likeness (QED) is 0.659. The van der Waals surface area contributed by atoms with Gasteiger partial charge in [0.1, 0.15) is 5.82 Å². The van der Waals surface area contributed by atoms with Crippen LogP contribution in [-0.4, -0.2) is 16.8 Å². The second-order valence-corrected chi connectivity index (χ2v) is 6.26. The van der Waals surface area contributed by atoms with E-state index in [4.69, 9.17) is 0 Å². The lowest BCUT2D eigenvalue weighted by Gasteiger charge is -2.09. The molecule has 28 heavy (non-hydrogen) atoms. The number of nitrogens with one attached hydrogen (secondary N) is 2. The molecule has 6 heteroatoms. The first-order valence-electron chi connectivity index (χ1n) is 8.92. The largest absolute Gasteiger partial charge is 0.352 e. The number of aryl methyl sites for hydroxylation is 1. The Hall–Kier alpha value is -3.54. The molecule has 2 N–H and O–H groups in total. The third-order valence-corrected chi connectivity index (χ3v) is 4.18. The van der Waals surface area contributed by atoms with Gasteiger partial charge in [-0.1, -0.05) is 30.3 Å². The molecule has 2 amide bonds. The molecule has 3 rings (SSSR count). The van der Waals surface area contributed by atoms with E-state index in [2.05, 4.69) is 15.6 Å². The monoisotopic (exact) mass is 377 g/mol. The fourth-order valence-corrected chi connectivity index (χ4v) is 2.70. The topological polar surface area (TPSA) is 71.1 Å². The Bertz CT molecular complexity index is 961. The van der Waals surface area contributed by atoms with Crippen LogP contribution < -0.4 is 10.6 Å². The van der Waals surface area contributed by atoms with Gasteiger partial charge in [-0.2, -0.15) is 0 Å². The fourth-order valence-electron chi connectivity index (χ4n) is 2.70. The van der Waals surface area contributed by atoms with E-state index < -0.39 is 0 Å². The number of rotatable bonds is 7. The average Bonchev–Trinajstić information content (AvgIpc) is 2.72. The van der Waals surface area contributed by atoms with Gasteiger partial charge in [0.05, 0.1) is 5.56 Å². The normalized spacial score (nSPS) is 10.3. The smallest absolute Gasteiger partial charge is 0.257 e. The summed E-state index contributed by atoms with van der Waals surface area (Å²) >= 11 is 0. The lowest BCUT2D eigenvalue weighted by molar-refractivity contribution is -0.121. The summed E-state index contributed by atoms with van der Waals surface area (Å²) in [4.78, 5) is 28.2. The van der Waals surface area contributed by atoms with Crippen LogP contribution in [0.4, 0.5) is 10.1 Å². The minimum Gasteiger partial charge on any atom is -0.352 e. The van der Waals surface area contributed by atoms with E-state index in [-0.39, 0.29) is 24.1 Å². The summed E-state index contributed by atoms with van der Waals surface area (Å²) in [5, 5.41) is 5.62. The summed E-state index contributed by atoms with van der Waals surface area (Å²) in [5.41, 5.74) is 2.47. The Kier molecular flexibility index (Phi) is 6.46. The summed E-state index contributed by atoms with van der Waals surface area (Å²) in [7, 11) is 0. The summed E-state index contributed by atoms with van der Waals surface area (Å²) in [5.74, 6) is -0.709. The van der Waals surface area contributed by atoms with Crippen LogP contribution in [0, 0.1) is 5.82 Å². The zero-order valence-corrected chi connectivity index (χ0v) is 15.2. The van der Waals surface area contributed by atoms with Crippen molar-refractivity contribution in [3.8, 4) is 0 Å². The Morgan fingerprint density at radius 3 is 2.64 bits per heavy atom. The van der Waals surface area contributed by atoms with Crippen molar-refractivity contribution < 1.29 is 14.0 Å². The molecular weight excluding hydrogens is 357 g/mol. The lowest BCUT2D eigenvalue weighted by atomic mass is 10.1. The van der Waals surface area contributed by atoms with Crippen LogP contribution in [0.1, 0.15) is 27.9 Å². The van der Waals surface area contributed by atoms with Gasteiger partial charge in [0, 0.05) is 31.0 Å². The number of halogens is 1. The van der Waals surface area contributed by atoms with Gasteiger partial charge in [-0.05, 0) is 47.9 Å². The highest BCUT2D eigenvalue weighted by Gasteiger charge is 2.08. The third kappa shape index (κ3) is 5.48. The number of carbonyl (C=O) groups is 2. The second-order valence-electron chi connectivity index (χ2n) is 6.26. The maximum absolute atomic E-state index is 13.6. The second kappa shape index (κ2) is 9.41. The number of amides is 2. The molecule has 0 aliphatic rings. The fraction of sp³-hybridized carbons (Fsp3) is 0.136. The van der Waals surface area contributed by atoms with Crippen LogP contribution in [-0.2, 0) is 17.8 Å². The van der Waals surface area contributed by atoms with E-state index >= 15 is 0 Å². The zero-order valence-electron chi connectivity index (χ0n) is 15.2. The molecule has 0 saturated heterocycles. The average molecular weight is 377 g/mol. The maximum atomic E-state index is 13.6. The Morgan fingerprint density at radius 1 is 1.00 bits per heavy atom. The van der Waals surface area contributed by atoms with Gasteiger partial charge in [0.15, 0.2) is 0 Å². The number of pyridine rings is 1. The summed E-state index contributed by atoms with van der Waals surface area (Å²) in [6.07, 6.45) is 3.65. The number of benzene rings is 2. The van der Waals surface area contributed by atoms with Crippen LogP contribution in [0.2, 0.25) is 0 Å². The molecule has 0 spiro atoms. The molecule has 0 aliphatic carbocycles. The van der Waals surface area contributed by atoms with Gasteiger partial charge < -0.3 is 10.6 Å². The summed E-state index contributed by atoms with van der Waals surface area (Å²) < 4.78 is 13.6. The molecule has 0 atom stereocenters. The van der Waals surface area contributed by atoms with Crippen molar-refractivity contribution in [3.63, 3.8) is 0 Å². The van der Waals surface area contributed by atoms with Gasteiger partial charge in [-0.25, -0.2) is 4.39 Å². The molecule has 5 nitrogen and oxygen atoms in total. The molecule has 142 valence electrons. The van der Waals surface area contributed by atoms with E-state index in [0.717, 1.165) is 5.56 Å². The molecule has 3 aromatic rings. The Labute approximate surface area is 162 Å². The molecule has 0 saturated carbocycles. The van der Waals surface area contributed by atoms with Crippen molar-refractivity contribution in [1.29, 1.82) is 0 Å². The number of aromatic nitrogens is 1. The Balaban J connectivity index is 1.51. The van der Waals surface area contributed by atoms with Gasteiger partial charge in [-0.15, -0.1) is 0 Å². The van der Waals surface area contributed by atoms with Gasteiger partial charge in [0.25, 0.3) is 5.91 Å². The van der Waals surface area contributed by atoms with Crippen molar-refractivity contribution in [2.24, 2.45) is 0 Å². The molecule has 0 fully saturated rings. The van der Waals surface area contributed by atoms with E-state index in [9.17, 15) is 14.0 Å². The van der Waals surface area contributed by atoms with Crippen LogP contribution in [0.15, 0.2) is 73.1 Å². The molecule has 1 heterocycles. The van der Waals surface area contributed by atoms with Crippen molar-refractivity contribution in [1.82, 2.24) is 10.3 Å². The number of nitrogens with zero attached hydrogens (tertiary/aromatic N) is 1. The van der Waals surface area contributed by atoms with E-state index in [1.54, 1.807) is 54.7 Å². The molecule has 2 aromatic carbocycles. The first-order chi connectivity index (χ1) is 13.6. The standard InChI is InChI=1S/C22H20FN3O2/c23-20-9-2-1-6-17(20)10-11-21(27)25-14-16-5-3-8-19(13-16)26-22(28)18-7-4-12-24-15-18/h1-9,12-13,15H,10-11,14H2,(H,25,27)(H,26,28). The summed E-state index contributed by atoms with van der Waals surface area (Å²) in [6.45, 7) is 0.326. The third-order valence-electron chi connectivity index (χ3n) is 4.18. The molecular formula is C22H20FN3O2. The molecule has 0 radical (unpaired) electrons. The number of carbonyl (C=O) groups excluding carboxylic acids is 2. The van der Waals surface area contributed by atoms with Gasteiger partial charge in [-0.3, -0.25) is 14.6 Å². The summed E-state index contributed by atoms with van der Waals surface area (Å²) in [6, 6.07) is 17.1. The van der Waals surface area contributed by atoms with Crippen LogP contribution in [0.25, 0.3) is 0 Å². The predicted octanol–water partition coefficient (Wildman–Crippen LogP) is 3.72. The van der Waals surface area contributed by atoms with Gasteiger partial charge in [0.2, 0.25) is 5.91 Å². The van der Waals surface area contributed by atoms with Gasteiger partial charge >= 0.3 is 0 Å². The van der Waals surface area contributed by atoms with Crippen molar-refractivity contribution in [2.45, 2.75) is 19.4 Å². The minimum absolute atomic E-state index is 0.159. The highest BCUT2D eigenvalue weighted by molar-refractivity contribution is 6.04. The first kappa shape index (κ1) is 19.2. The van der Waals surface area contributed by atoms with Crippen LogP contribution in [0.3, 0.4) is 0 Å². The Morgan fingerprint density at radius 2 is 1.86 bits per heavy atom. The minimum atomic E-state index is -0.299. The molecule has 0 unspecified atom stereocenters. The van der Waals surface area contributed by atoms with E-state index in [1.165, 1.54) is 12.3 Å². The van der Waals surface area contributed by atoms with E-state index in [1.807, 2.05) is 6.07 Å². The lowest BCUT2D eigenvalue weighted by Crippen LogP contribution is -2.23. The highest BCUT2D eigenvalue weighted by Crippen LogP contribution is 2.13. The number of hydrogen-bond donors (Lipinski definition) is 2. The molecule has 0 bridgehead atoms. The number of hydrogen-bond acceptors (Lipinski definition) is 3. The van der Waals surface area contributed by atoms with Crippen LogP contribution in [0.5, 0.6) is 0 Å². The first-order valence-corrected chi connectivity index (χ1v) is 8.92. The van der Waals surface area contributed by atoms with E-state index in [0.29, 0.717) is 29.8 Å². The zero-order chi connectivity index (χ0) is 19.8. The SMILES string of the molecule is O=C(CCc1ccccc1F)NCc1cccc(NC(=O)c2cccnc2)c1. The predicted molar refractivity (Wildman–Crippen MR) is 105 cm³/mol. The number of anilines is 1. The van der Waals surface area contributed by atoms with Crippen molar-refractivity contribution >= 4 is 17.5 Å².